The largest absolute Gasteiger partial charge is 0.507 e. The van der Waals surface area contributed by atoms with Gasteiger partial charge in [0.1, 0.15) is 5.75 Å². The topological polar surface area (TPSA) is 61.4 Å². The van der Waals surface area contributed by atoms with Crippen molar-refractivity contribution in [3.8, 4) is 5.75 Å². The molecule has 0 aromatic heterocycles. The summed E-state index contributed by atoms with van der Waals surface area (Å²) in [5, 5.41) is 18.2. The molecule has 4 nitrogen and oxygen atoms in total. The lowest BCUT2D eigenvalue weighted by molar-refractivity contribution is -0.128. The predicted octanol–water partition coefficient (Wildman–Crippen LogP) is 5.94. The Morgan fingerprint density at radius 1 is 1.03 bits per heavy atom. The molecule has 0 saturated carbocycles. The highest BCUT2D eigenvalue weighted by Gasteiger charge is 2.44. The maximum Gasteiger partial charge on any atom is 0.230 e. The third kappa shape index (κ3) is 5.32. The fourth-order valence-electron chi connectivity index (χ4n) is 4.61. The maximum absolute atomic E-state index is 13.9. The van der Waals surface area contributed by atoms with Crippen LogP contribution in [0.3, 0.4) is 0 Å². The SMILES string of the molecule is CCC(C)(C(=O)NC1CC(C)(C)NCC1(C)C)c1cc(C(C)(C)C)c(O)c(C(C)(C)C)c1. The number of phenolic OH excluding ortho intramolecular Hbond substituents is 1. The van der Waals surface area contributed by atoms with Crippen molar-refractivity contribution in [2.24, 2.45) is 5.41 Å². The third-order valence-electron chi connectivity index (χ3n) is 7.56. The second kappa shape index (κ2) is 8.34. The Bertz CT molecular complexity index is 820. The number of phenols is 1. The van der Waals surface area contributed by atoms with Crippen LogP contribution in [0.25, 0.3) is 0 Å². The normalized spacial score (nSPS) is 22.8. The lowest BCUT2D eigenvalue weighted by Gasteiger charge is -2.48. The monoisotopic (exact) mass is 444 g/mol. The molecule has 1 aliphatic heterocycles. The zero-order valence-electron chi connectivity index (χ0n) is 22.7. The standard InChI is InChI=1S/C28H48N2O2/c1-13-28(12,23(32)30-21-16-27(10,11)29-17-26(21,8)9)18-14-19(24(2,3)4)22(31)20(15-18)25(5,6)7/h14-15,21,29,31H,13,16-17H2,1-12H3,(H,30,32). The minimum absolute atomic E-state index is 0.00652. The van der Waals surface area contributed by atoms with Crippen molar-refractivity contribution in [2.45, 2.75) is 124 Å². The Morgan fingerprint density at radius 2 is 1.50 bits per heavy atom. The van der Waals surface area contributed by atoms with E-state index in [9.17, 15) is 9.90 Å². The van der Waals surface area contributed by atoms with Crippen LogP contribution in [-0.4, -0.2) is 29.1 Å². The minimum atomic E-state index is -0.682. The Morgan fingerprint density at radius 3 is 1.91 bits per heavy atom. The van der Waals surface area contributed by atoms with Crippen LogP contribution in [-0.2, 0) is 21.0 Å². The van der Waals surface area contributed by atoms with Crippen LogP contribution in [0.4, 0.5) is 0 Å². The summed E-state index contributed by atoms with van der Waals surface area (Å²) < 4.78 is 0. The minimum Gasteiger partial charge on any atom is -0.507 e. The van der Waals surface area contributed by atoms with E-state index in [0.717, 1.165) is 29.7 Å². The first-order valence-electron chi connectivity index (χ1n) is 12.2. The molecule has 1 aromatic rings. The number of piperidine rings is 1. The van der Waals surface area contributed by atoms with Gasteiger partial charge in [0.15, 0.2) is 0 Å². The summed E-state index contributed by atoms with van der Waals surface area (Å²) in [5.41, 5.74) is 1.61. The molecule has 1 heterocycles. The van der Waals surface area contributed by atoms with E-state index in [4.69, 9.17) is 0 Å². The van der Waals surface area contributed by atoms with Crippen LogP contribution in [0.5, 0.6) is 5.75 Å². The Labute approximate surface area is 197 Å². The number of carbonyl (C=O) groups excluding carboxylic acids is 1. The molecule has 2 atom stereocenters. The summed E-state index contributed by atoms with van der Waals surface area (Å²) >= 11 is 0. The van der Waals surface area contributed by atoms with Gasteiger partial charge in [-0.15, -0.1) is 0 Å². The van der Waals surface area contributed by atoms with Gasteiger partial charge >= 0.3 is 0 Å². The number of aromatic hydroxyl groups is 1. The fraction of sp³-hybridized carbons (Fsp3) is 0.750. The third-order valence-corrected chi connectivity index (χ3v) is 7.56. The van der Waals surface area contributed by atoms with Gasteiger partial charge in [-0.25, -0.2) is 0 Å². The number of benzene rings is 1. The van der Waals surface area contributed by atoms with Gasteiger partial charge in [0, 0.05) is 18.1 Å². The number of carbonyl (C=O) groups is 1. The first kappa shape index (κ1) is 26.7. The summed E-state index contributed by atoms with van der Waals surface area (Å²) in [4.78, 5) is 13.9. The van der Waals surface area contributed by atoms with Gasteiger partial charge in [0.2, 0.25) is 5.91 Å². The zero-order chi connectivity index (χ0) is 24.9. The zero-order valence-corrected chi connectivity index (χ0v) is 22.7. The predicted molar refractivity (Wildman–Crippen MR) is 136 cm³/mol. The van der Waals surface area contributed by atoms with E-state index in [0.29, 0.717) is 12.2 Å². The Kier molecular flexibility index (Phi) is 6.96. The van der Waals surface area contributed by atoms with E-state index in [1.165, 1.54) is 0 Å². The summed E-state index contributed by atoms with van der Waals surface area (Å²) in [5.74, 6) is 0.426. The molecule has 2 unspecified atom stereocenters. The van der Waals surface area contributed by atoms with Gasteiger partial charge in [0.05, 0.1) is 5.41 Å². The van der Waals surface area contributed by atoms with Crippen molar-refractivity contribution in [3.05, 3.63) is 28.8 Å². The highest BCUT2D eigenvalue weighted by Crippen LogP contribution is 2.43. The van der Waals surface area contributed by atoms with E-state index in [1.54, 1.807) is 0 Å². The van der Waals surface area contributed by atoms with Crippen LogP contribution >= 0.6 is 0 Å². The van der Waals surface area contributed by atoms with E-state index in [1.807, 2.05) is 6.92 Å². The molecule has 182 valence electrons. The molecule has 1 fully saturated rings. The van der Waals surface area contributed by atoms with E-state index < -0.39 is 5.41 Å². The van der Waals surface area contributed by atoms with Crippen molar-refractivity contribution in [1.82, 2.24) is 10.6 Å². The Balaban J connectivity index is 2.56. The number of rotatable bonds is 4. The van der Waals surface area contributed by atoms with E-state index >= 15 is 0 Å². The second-order valence-electron chi connectivity index (χ2n) is 13.6. The molecule has 0 bridgehead atoms. The van der Waals surface area contributed by atoms with Crippen molar-refractivity contribution in [2.75, 3.05) is 6.54 Å². The van der Waals surface area contributed by atoms with Gasteiger partial charge in [0.25, 0.3) is 0 Å². The molecular formula is C28H48N2O2. The fourth-order valence-corrected chi connectivity index (χ4v) is 4.61. The molecule has 0 spiro atoms. The molecule has 32 heavy (non-hydrogen) atoms. The molecule has 2 rings (SSSR count). The van der Waals surface area contributed by atoms with Gasteiger partial charge in [-0.3, -0.25) is 4.79 Å². The molecule has 3 N–H and O–H groups in total. The molecular weight excluding hydrogens is 396 g/mol. The first-order chi connectivity index (χ1) is 14.2. The van der Waals surface area contributed by atoms with Crippen LogP contribution in [0, 0.1) is 5.41 Å². The van der Waals surface area contributed by atoms with E-state index in [2.05, 4.69) is 98.9 Å². The molecule has 1 saturated heterocycles. The molecule has 4 heteroatoms. The number of hydrogen-bond acceptors (Lipinski definition) is 3. The smallest absolute Gasteiger partial charge is 0.230 e. The first-order valence-corrected chi connectivity index (χ1v) is 12.2. The summed E-state index contributed by atoms with van der Waals surface area (Å²) in [6, 6.07) is 4.22. The van der Waals surface area contributed by atoms with Gasteiger partial charge < -0.3 is 15.7 Å². The van der Waals surface area contributed by atoms with Crippen molar-refractivity contribution in [3.63, 3.8) is 0 Å². The summed E-state index contributed by atoms with van der Waals surface area (Å²) in [7, 11) is 0. The van der Waals surface area contributed by atoms with Gasteiger partial charge in [-0.2, -0.15) is 0 Å². The molecule has 1 amide bonds. The summed E-state index contributed by atoms with van der Waals surface area (Å²) in [6.45, 7) is 26.5. The van der Waals surface area contributed by atoms with Crippen molar-refractivity contribution >= 4 is 5.91 Å². The number of nitrogens with one attached hydrogen (secondary N) is 2. The lowest BCUT2D eigenvalue weighted by Crippen LogP contribution is -2.63. The number of amides is 1. The molecule has 0 aliphatic carbocycles. The average molecular weight is 445 g/mol. The highest BCUT2D eigenvalue weighted by atomic mass is 16.3. The van der Waals surface area contributed by atoms with Gasteiger partial charge in [-0.05, 0) is 66.5 Å². The summed E-state index contributed by atoms with van der Waals surface area (Å²) in [6.07, 6.45) is 1.58. The lowest BCUT2D eigenvalue weighted by atomic mass is 9.70. The molecule has 1 aliphatic rings. The highest BCUT2D eigenvalue weighted by molar-refractivity contribution is 5.88. The Hall–Kier alpha value is -1.55. The maximum atomic E-state index is 13.9. The van der Waals surface area contributed by atoms with Crippen LogP contribution < -0.4 is 10.6 Å². The average Bonchev–Trinajstić information content (AvgIpc) is 2.62. The van der Waals surface area contributed by atoms with Crippen LogP contribution in [0.2, 0.25) is 0 Å². The van der Waals surface area contributed by atoms with Crippen LogP contribution in [0.15, 0.2) is 12.1 Å². The van der Waals surface area contributed by atoms with E-state index in [-0.39, 0.29) is 33.7 Å². The quantitative estimate of drug-likeness (QED) is 0.539. The van der Waals surface area contributed by atoms with Gasteiger partial charge in [-0.1, -0.05) is 74.4 Å². The number of hydrogen-bond donors (Lipinski definition) is 3. The van der Waals surface area contributed by atoms with Crippen molar-refractivity contribution in [1.29, 1.82) is 0 Å². The van der Waals surface area contributed by atoms with Crippen LogP contribution in [0.1, 0.15) is 113 Å². The second-order valence-corrected chi connectivity index (χ2v) is 13.6. The molecule has 1 aromatic carbocycles. The molecule has 0 radical (unpaired) electrons. The van der Waals surface area contributed by atoms with Crippen molar-refractivity contribution < 1.29 is 9.90 Å².